The van der Waals surface area contributed by atoms with Crippen molar-refractivity contribution < 1.29 is 14.5 Å². The summed E-state index contributed by atoms with van der Waals surface area (Å²) in [5.74, 6) is -1.51. The summed E-state index contributed by atoms with van der Waals surface area (Å²) in [6.45, 7) is 6.71. The zero-order valence-corrected chi connectivity index (χ0v) is 15.7. The van der Waals surface area contributed by atoms with E-state index in [-0.39, 0.29) is 22.4 Å². The Balaban J connectivity index is 2.66. The van der Waals surface area contributed by atoms with Crippen LogP contribution >= 0.6 is 23.2 Å². The topological polar surface area (TPSA) is 81.5 Å². The van der Waals surface area contributed by atoms with Crippen molar-refractivity contribution in [3.8, 4) is 0 Å². The predicted octanol–water partition coefficient (Wildman–Crippen LogP) is 4.41. The van der Waals surface area contributed by atoms with Crippen LogP contribution in [0.4, 0.5) is 0 Å². The van der Waals surface area contributed by atoms with Gasteiger partial charge in [-0.1, -0.05) is 29.3 Å². The standard InChI is InChI=1S/C17H18Cl2N2O4/c1-8(2)25-17(22)14-9(3)20-10(4)16(21(23)24)15(14)11-5-6-12(18)13(19)7-11/h5-8,15,20H,1-4H3. The number of carbonyl (C=O) groups is 1. The number of nitro groups is 1. The van der Waals surface area contributed by atoms with Crippen LogP contribution in [0, 0.1) is 10.1 Å². The third kappa shape index (κ3) is 3.96. The third-order valence-electron chi connectivity index (χ3n) is 3.76. The molecule has 0 amide bonds. The van der Waals surface area contributed by atoms with Gasteiger partial charge in [0.25, 0.3) is 5.70 Å². The van der Waals surface area contributed by atoms with Gasteiger partial charge in [0.15, 0.2) is 0 Å². The maximum atomic E-state index is 12.6. The molecule has 0 bridgehead atoms. The van der Waals surface area contributed by atoms with Crippen LogP contribution in [0.5, 0.6) is 0 Å². The van der Waals surface area contributed by atoms with E-state index in [0.717, 1.165) is 0 Å². The Morgan fingerprint density at radius 2 is 1.88 bits per heavy atom. The first-order valence-corrected chi connectivity index (χ1v) is 8.38. The lowest BCUT2D eigenvalue weighted by Gasteiger charge is -2.27. The van der Waals surface area contributed by atoms with Gasteiger partial charge >= 0.3 is 5.97 Å². The summed E-state index contributed by atoms with van der Waals surface area (Å²) in [7, 11) is 0. The molecule has 1 atom stereocenters. The van der Waals surface area contributed by atoms with Crippen molar-refractivity contribution in [2.75, 3.05) is 0 Å². The van der Waals surface area contributed by atoms with Crippen LogP contribution in [0.25, 0.3) is 0 Å². The number of carbonyl (C=O) groups excluding carboxylic acids is 1. The van der Waals surface area contributed by atoms with Crippen molar-refractivity contribution in [2.24, 2.45) is 0 Å². The molecule has 8 heteroatoms. The van der Waals surface area contributed by atoms with E-state index >= 15 is 0 Å². The normalized spacial score (nSPS) is 17.6. The van der Waals surface area contributed by atoms with Gasteiger partial charge in [-0.15, -0.1) is 0 Å². The van der Waals surface area contributed by atoms with E-state index in [4.69, 9.17) is 27.9 Å². The molecule has 1 aromatic rings. The zero-order chi connectivity index (χ0) is 18.9. The number of hydrogen-bond acceptors (Lipinski definition) is 5. The fraction of sp³-hybridized carbons (Fsp3) is 0.353. The van der Waals surface area contributed by atoms with Crippen molar-refractivity contribution in [3.05, 3.63) is 66.6 Å². The molecular formula is C17H18Cl2N2O4. The van der Waals surface area contributed by atoms with Crippen LogP contribution < -0.4 is 5.32 Å². The number of allylic oxidation sites excluding steroid dienone is 3. The molecule has 0 aliphatic carbocycles. The quantitative estimate of drug-likeness (QED) is 0.472. The van der Waals surface area contributed by atoms with Gasteiger partial charge in [-0.25, -0.2) is 4.79 Å². The molecule has 0 saturated carbocycles. The zero-order valence-electron chi connectivity index (χ0n) is 14.2. The highest BCUT2D eigenvalue weighted by Gasteiger charge is 2.41. The van der Waals surface area contributed by atoms with Gasteiger partial charge in [-0.3, -0.25) is 10.1 Å². The highest BCUT2D eigenvalue weighted by Crippen LogP contribution is 2.40. The number of nitrogens with one attached hydrogen (secondary N) is 1. The summed E-state index contributed by atoms with van der Waals surface area (Å²) < 4.78 is 5.29. The number of benzene rings is 1. The lowest BCUT2D eigenvalue weighted by atomic mass is 9.84. The van der Waals surface area contributed by atoms with Gasteiger partial charge in [0.05, 0.1) is 32.3 Å². The van der Waals surface area contributed by atoms with Crippen molar-refractivity contribution in [2.45, 2.75) is 39.7 Å². The van der Waals surface area contributed by atoms with Crippen molar-refractivity contribution in [3.63, 3.8) is 0 Å². The lowest BCUT2D eigenvalue weighted by molar-refractivity contribution is -0.431. The molecule has 2 rings (SSSR count). The number of dihydropyridines is 1. The molecule has 0 saturated heterocycles. The Hall–Kier alpha value is -2.05. The van der Waals surface area contributed by atoms with Crippen LogP contribution in [0.1, 0.15) is 39.2 Å². The third-order valence-corrected chi connectivity index (χ3v) is 4.50. The van der Waals surface area contributed by atoms with Gasteiger partial charge in [0.2, 0.25) is 0 Å². The molecule has 0 radical (unpaired) electrons. The van der Waals surface area contributed by atoms with E-state index in [2.05, 4.69) is 5.32 Å². The molecule has 134 valence electrons. The second-order valence-corrected chi connectivity index (χ2v) is 6.81. The van der Waals surface area contributed by atoms with Crippen LogP contribution in [0.2, 0.25) is 10.0 Å². The van der Waals surface area contributed by atoms with Crippen LogP contribution in [-0.4, -0.2) is 17.0 Å². The molecule has 1 aliphatic heterocycles. The second-order valence-electron chi connectivity index (χ2n) is 5.99. The molecular weight excluding hydrogens is 367 g/mol. The SMILES string of the molecule is CC1=C(C(=O)OC(C)C)C(c2ccc(Cl)c(Cl)c2)C([N+](=O)[O-])=C(C)N1. The fourth-order valence-corrected chi connectivity index (χ4v) is 3.10. The molecule has 1 N–H and O–H groups in total. The van der Waals surface area contributed by atoms with Crippen LogP contribution in [0.15, 0.2) is 40.9 Å². The van der Waals surface area contributed by atoms with E-state index < -0.39 is 16.8 Å². The Bertz CT molecular complexity index is 800. The van der Waals surface area contributed by atoms with Gasteiger partial charge in [-0.05, 0) is 45.4 Å². The predicted molar refractivity (Wildman–Crippen MR) is 96.0 cm³/mol. The maximum Gasteiger partial charge on any atom is 0.337 e. The number of esters is 1. The minimum absolute atomic E-state index is 0.125. The average molecular weight is 385 g/mol. The van der Waals surface area contributed by atoms with Gasteiger partial charge in [-0.2, -0.15) is 0 Å². The molecule has 1 aromatic carbocycles. The average Bonchev–Trinajstić information content (AvgIpc) is 2.47. The maximum absolute atomic E-state index is 12.6. The van der Waals surface area contributed by atoms with Gasteiger partial charge in [0, 0.05) is 5.70 Å². The number of nitrogens with zero attached hydrogens (tertiary/aromatic N) is 1. The van der Waals surface area contributed by atoms with Crippen molar-refractivity contribution >= 4 is 29.2 Å². The summed E-state index contributed by atoms with van der Waals surface area (Å²) in [4.78, 5) is 23.8. The Morgan fingerprint density at radius 3 is 2.40 bits per heavy atom. The van der Waals surface area contributed by atoms with E-state index in [1.807, 2.05) is 0 Å². The minimum Gasteiger partial charge on any atom is -0.460 e. The van der Waals surface area contributed by atoms with E-state index in [1.54, 1.807) is 39.8 Å². The Morgan fingerprint density at radius 1 is 1.24 bits per heavy atom. The molecule has 6 nitrogen and oxygen atoms in total. The first-order chi connectivity index (χ1) is 11.6. The highest BCUT2D eigenvalue weighted by molar-refractivity contribution is 6.42. The molecule has 0 aromatic heterocycles. The number of halogens is 2. The van der Waals surface area contributed by atoms with E-state index in [1.165, 1.54) is 6.07 Å². The minimum atomic E-state index is -0.905. The van der Waals surface area contributed by atoms with Crippen LogP contribution in [-0.2, 0) is 9.53 Å². The largest absolute Gasteiger partial charge is 0.460 e. The van der Waals surface area contributed by atoms with Gasteiger partial charge in [0.1, 0.15) is 5.92 Å². The molecule has 1 aliphatic rings. The highest BCUT2D eigenvalue weighted by atomic mass is 35.5. The number of ether oxygens (including phenoxy) is 1. The lowest BCUT2D eigenvalue weighted by Crippen LogP contribution is -2.32. The number of rotatable bonds is 4. The molecule has 0 spiro atoms. The summed E-state index contributed by atoms with van der Waals surface area (Å²) in [6.07, 6.45) is -0.353. The van der Waals surface area contributed by atoms with Crippen molar-refractivity contribution in [1.29, 1.82) is 0 Å². The summed E-state index contributed by atoms with van der Waals surface area (Å²) in [5, 5.41) is 15.2. The van der Waals surface area contributed by atoms with Gasteiger partial charge < -0.3 is 10.1 Å². The monoisotopic (exact) mass is 384 g/mol. The Labute approximate surface area is 155 Å². The van der Waals surface area contributed by atoms with Crippen LogP contribution in [0.3, 0.4) is 0 Å². The molecule has 25 heavy (non-hydrogen) atoms. The second kappa shape index (κ2) is 7.45. The van der Waals surface area contributed by atoms with Crippen molar-refractivity contribution in [1.82, 2.24) is 5.32 Å². The summed E-state index contributed by atoms with van der Waals surface area (Å²) in [5.41, 5.74) is 1.42. The first-order valence-electron chi connectivity index (χ1n) is 7.62. The molecule has 1 unspecified atom stereocenters. The van der Waals surface area contributed by atoms with E-state index in [9.17, 15) is 14.9 Å². The number of hydrogen-bond donors (Lipinski definition) is 1. The fourth-order valence-electron chi connectivity index (χ4n) is 2.79. The Kier molecular flexibility index (Phi) is 5.75. The summed E-state index contributed by atoms with van der Waals surface area (Å²) in [6, 6.07) is 4.71. The molecule has 1 heterocycles. The van der Waals surface area contributed by atoms with E-state index in [0.29, 0.717) is 22.0 Å². The summed E-state index contributed by atoms with van der Waals surface area (Å²) >= 11 is 12.0. The first kappa shape index (κ1) is 19.3. The molecule has 0 fully saturated rings. The smallest absolute Gasteiger partial charge is 0.337 e.